The monoisotopic (exact) mass is 267 g/mol. The summed E-state index contributed by atoms with van der Waals surface area (Å²) in [6, 6.07) is 11.0. The van der Waals surface area contributed by atoms with E-state index in [4.69, 9.17) is 5.73 Å². The minimum absolute atomic E-state index is 0.0597. The van der Waals surface area contributed by atoms with E-state index < -0.39 is 0 Å². The molecule has 4 nitrogen and oxygen atoms in total. The number of carbonyl (C=O) groups excluding carboxylic acids is 1. The zero-order chi connectivity index (χ0) is 14.4. The fourth-order valence-corrected chi connectivity index (χ4v) is 1.85. The maximum atomic E-state index is 12.2. The summed E-state index contributed by atoms with van der Waals surface area (Å²) in [5.41, 5.74) is 8.12. The van der Waals surface area contributed by atoms with E-state index in [1.807, 2.05) is 43.3 Å². The molecule has 102 valence electrons. The van der Waals surface area contributed by atoms with Crippen molar-refractivity contribution in [3.05, 3.63) is 60.4 Å². The quantitative estimate of drug-likeness (QED) is 0.684. The Hall–Kier alpha value is -2.62. The number of nitrogens with zero attached hydrogens (tertiary/aromatic N) is 2. The van der Waals surface area contributed by atoms with Gasteiger partial charge in [0.15, 0.2) is 0 Å². The van der Waals surface area contributed by atoms with E-state index in [1.165, 1.54) is 0 Å². The third-order valence-electron chi connectivity index (χ3n) is 2.91. The smallest absolute Gasteiger partial charge is 0.250 e. The van der Waals surface area contributed by atoms with Gasteiger partial charge in [-0.3, -0.25) is 9.78 Å². The number of nitrogen functional groups attached to an aromatic ring is 1. The highest BCUT2D eigenvalue weighted by atomic mass is 16.2. The van der Waals surface area contributed by atoms with Gasteiger partial charge in [0.25, 0.3) is 5.91 Å². The number of benzene rings is 1. The van der Waals surface area contributed by atoms with Crippen LogP contribution in [0.2, 0.25) is 0 Å². The van der Waals surface area contributed by atoms with Gasteiger partial charge in [0.05, 0.1) is 0 Å². The number of likely N-dealkylation sites (N-methyl/N-ethyl adjacent to an activating group) is 1. The molecular weight excluding hydrogens is 250 g/mol. The predicted octanol–water partition coefficient (Wildman–Crippen LogP) is 2.73. The third kappa shape index (κ3) is 3.45. The summed E-state index contributed by atoms with van der Waals surface area (Å²) >= 11 is 0. The summed E-state index contributed by atoms with van der Waals surface area (Å²) in [4.78, 5) is 17.9. The summed E-state index contributed by atoms with van der Waals surface area (Å²) < 4.78 is 0. The van der Waals surface area contributed by atoms with Crippen LogP contribution in [0.4, 0.5) is 11.4 Å². The van der Waals surface area contributed by atoms with E-state index >= 15 is 0 Å². The van der Waals surface area contributed by atoms with Crippen molar-refractivity contribution in [2.75, 3.05) is 17.2 Å². The van der Waals surface area contributed by atoms with Gasteiger partial charge in [-0.1, -0.05) is 12.1 Å². The summed E-state index contributed by atoms with van der Waals surface area (Å²) in [5, 5.41) is 0. The molecule has 1 aromatic heterocycles. The molecule has 2 N–H and O–H groups in total. The molecule has 0 fully saturated rings. The van der Waals surface area contributed by atoms with Crippen molar-refractivity contribution in [3.8, 4) is 0 Å². The molecule has 0 aliphatic heterocycles. The lowest BCUT2D eigenvalue weighted by molar-refractivity contribution is -0.114. The molecule has 1 heterocycles. The first-order valence-electron chi connectivity index (χ1n) is 6.46. The number of amides is 1. The Morgan fingerprint density at radius 1 is 1.20 bits per heavy atom. The van der Waals surface area contributed by atoms with Crippen LogP contribution in [-0.4, -0.2) is 17.4 Å². The van der Waals surface area contributed by atoms with Gasteiger partial charge in [0, 0.05) is 36.4 Å². The Morgan fingerprint density at radius 3 is 2.45 bits per heavy atom. The first-order chi connectivity index (χ1) is 9.70. The number of pyridine rings is 1. The Labute approximate surface area is 118 Å². The number of anilines is 2. The Morgan fingerprint density at radius 2 is 1.85 bits per heavy atom. The van der Waals surface area contributed by atoms with Crippen LogP contribution in [0.15, 0.2) is 54.9 Å². The Balaban J connectivity index is 2.12. The molecule has 4 heteroatoms. The second kappa shape index (κ2) is 6.52. The van der Waals surface area contributed by atoms with E-state index in [0.29, 0.717) is 12.2 Å². The SMILES string of the molecule is CCN(C(=O)/C=C/c1ccc(N)cc1)c1ccncc1. The van der Waals surface area contributed by atoms with Gasteiger partial charge >= 0.3 is 0 Å². The summed E-state index contributed by atoms with van der Waals surface area (Å²) in [6.45, 7) is 2.55. The zero-order valence-corrected chi connectivity index (χ0v) is 11.4. The molecule has 0 bridgehead atoms. The van der Waals surface area contributed by atoms with E-state index in [-0.39, 0.29) is 5.91 Å². The molecule has 0 unspecified atom stereocenters. The standard InChI is InChI=1S/C16H17N3O/c1-2-19(15-9-11-18-12-10-15)16(20)8-5-13-3-6-14(17)7-4-13/h3-12H,2,17H2,1H3/b8-5+. The highest BCUT2D eigenvalue weighted by Gasteiger charge is 2.10. The van der Waals surface area contributed by atoms with Gasteiger partial charge < -0.3 is 10.6 Å². The summed E-state index contributed by atoms with van der Waals surface area (Å²) in [6.07, 6.45) is 6.70. The predicted molar refractivity (Wildman–Crippen MR) is 82.2 cm³/mol. The molecule has 0 spiro atoms. The number of nitrogens with two attached hydrogens (primary N) is 1. The van der Waals surface area contributed by atoms with E-state index in [1.54, 1.807) is 29.4 Å². The van der Waals surface area contributed by atoms with Crippen molar-refractivity contribution >= 4 is 23.4 Å². The molecule has 1 aromatic carbocycles. The molecule has 0 saturated carbocycles. The molecule has 0 atom stereocenters. The minimum Gasteiger partial charge on any atom is -0.399 e. The molecule has 1 amide bonds. The average molecular weight is 267 g/mol. The van der Waals surface area contributed by atoms with Crippen LogP contribution >= 0.6 is 0 Å². The third-order valence-corrected chi connectivity index (χ3v) is 2.91. The topological polar surface area (TPSA) is 59.2 Å². The molecule has 0 radical (unpaired) electrons. The number of rotatable bonds is 4. The minimum atomic E-state index is -0.0597. The second-order valence-corrected chi connectivity index (χ2v) is 4.29. The van der Waals surface area contributed by atoms with Crippen LogP contribution in [0.1, 0.15) is 12.5 Å². The molecular formula is C16H17N3O. The normalized spacial score (nSPS) is 10.7. The number of hydrogen-bond donors (Lipinski definition) is 1. The lowest BCUT2D eigenvalue weighted by Crippen LogP contribution is -2.28. The molecule has 0 aliphatic carbocycles. The van der Waals surface area contributed by atoms with Crippen LogP contribution in [-0.2, 0) is 4.79 Å². The first kappa shape index (κ1) is 13.8. The van der Waals surface area contributed by atoms with Crippen LogP contribution in [0.3, 0.4) is 0 Å². The van der Waals surface area contributed by atoms with Crippen LogP contribution in [0, 0.1) is 0 Å². The van der Waals surface area contributed by atoms with E-state index in [0.717, 1.165) is 11.3 Å². The molecule has 2 rings (SSSR count). The van der Waals surface area contributed by atoms with E-state index in [2.05, 4.69) is 4.98 Å². The number of aromatic nitrogens is 1. The maximum Gasteiger partial charge on any atom is 0.250 e. The highest BCUT2D eigenvalue weighted by Crippen LogP contribution is 2.13. The average Bonchev–Trinajstić information content (AvgIpc) is 2.48. The van der Waals surface area contributed by atoms with Gasteiger partial charge in [0.1, 0.15) is 0 Å². The van der Waals surface area contributed by atoms with Crippen molar-refractivity contribution in [1.82, 2.24) is 4.98 Å². The lowest BCUT2D eigenvalue weighted by Gasteiger charge is -2.18. The van der Waals surface area contributed by atoms with Crippen LogP contribution in [0.5, 0.6) is 0 Å². The van der Waals surface area contributed by atoms with Gasteiger partial charge in [0.2, 0.25) is 0 Å². The van der Waals surface area contributed by atoms with Crippen LogP contribution in [0.25, 0.3) is 6.08 Å². The van der Waals surface area contributed by atoms with Crippen molar-refractivity contribution in [3.63, 3.8) is 0 Å². The van der Waals surface area contributed by atoms with Crippen molar-refractivity contribution in [1.29, 1.82) is 0 Å². The molecule has 0 saturated heterocycles. The largest absolute Gasteiger partial charge is 0.399 e. The van der Waals surface area contributed by atoms with Crippen molar-refractivity contribution in [2.24, 2.45) is 0 Å². The van der Waals surface area contributed by atoms with Crippen LogP contribution < -0.4 is 10.6 Å². The first-order valence-corrected chi connectivity index (χ1v) is 6.46. The summed E-state index contributed by atoms with van der Waals surface area (Å²) in [7, 11) is 0. The number of hydrogen-bond acceptors (Lipinski definition) is 3. The highest BCUT2D eigenvalue weighted by molar-refractivity contribution is 6.03. The van der Waals surface area contributed by atoms with Gasteiger partial charge in [-0.05, 0) is 42.8 Å². The molecule has 0 aliphatic rings. The second-order valence-electron chi connectivity index (χ2n) is 4.29. The van der Waals surface area contributed by atoms with Gasteiger partial charge in [-0.25, -0.2) is 0 Å². The van der Waals surface area contributed by atoms with Gasteiger partial charge in [-0.2, -0.15) is 0 Å². The van der Waals surface area contributed by atoms with E-state index in [9.17, 15) is 4.79 Å². The lowest BCUT2D eigenvalue weighted by atomic mass is 10.2. The maximum absolute atomic E-state index is 12.2. The van der Waals surface area contributed by atoms with Crippen molar-refractivity contribution in [2.45, 2.75) is 6.92 Å². The Bertz CT molecular complexity index is 591. The zero-order valence-electron chi connectivity index (χ0n) is 11.4. The summed E-state index contributed by atoms with van der Waals surface area (Å²) in [5.74, 6) is -0.0597. The molecule has 20 heavy (non-hydrogen) atoms. The Kier molecular flexibility index (Phi) is 4.50. The molecule has 2 aromatic rings. The fourth-order valence-electron chi connectivity index (χ4n) is 1.85. The van der Waals surface area contributed by atoms with Gasteiger partial charge in [-0.15, -0.1) is 0 Å². The number of carbonyl (C=O) groups is 1. The van der Waals surface area contributed by atoms with Crippen molar-refractivity contribution < 1.29 is 4.79 Å². The fraction of sp³-hybridized carbons (Fsp3) is 0.125.